The molecule has 0 aromatic heterocycles. The van der Waals surface area contributed by atoms with Crippen molar-refractivity contribution in [2.45, 2.75) is 20.0 Å². The molecule has 0 aliphatic carbocycles. The van der Waals surface area contributed by atoms with Crippen LogP contribution in [0.4, 0.5) is 5.69 Å². The maximum absolute atomic E-state index is 12.3. The van der Waals surface area contributed by atoms with Gasteiger partial charge in [0.15, 0.2) is 11.9 Å². The van der Waals surface area contributed by atoms with Gasteiger partial charge in [0.05, 0.1) is 12.8 Å². The standard InChI is InChI=1S/C19H19NO5/c1-12(21)14-8-4-6-10-16(14)20-18(22)13(2)25-19(23)15-9-5-7-11-17(15)24-3/h4-11,13H,1-3H3,(H,20,22). The van der Waals surface area contributed by atoms with Crippen molar-refractivity contribution in [3.63, 3.8) is 0 Å². The Bertz CT molecular complexity index is 800. The van der Waals surface area contributed by atoms with Crippen LogP contribution < -0.4 is 10.1 Å². The Morgan fingerprint density at radius 1 is 0.960 bits per heavy atom. The quantitative estimate of drug-likeness (QED) is 0.645. The highest BCUT2D eigenvalue weighted by molar-refractivity contribution is 6.05. The smallest absolute Gasteiger partial charge is 0.342 e. The average Bonchev–Trinajstić information content (AvgIpc) is 2.61. The molecule has 0 fully saturated rings. The van der Waals surface area contributed by atoms with Gasteiger partial charge in [0, 0.05) is 5.56 Å². The highest BCUT2D eigenvalue weighted by atomic mass is 16.5. The number of hydrogen-bond acceptors (Lipinski definition) is 5. The van der Waals surface area contributed by atoms with E-state index in [9.17, 15) is 14.4 Å². The minimum Gasteiger partial charge on any atom is -0.496 e. The number of ether oxygens (including phenoxy) is 2. The number of carbonyl (C=O) groups is 3. The van der Waals surface area contributed by atoms with Gasteiger partial charge in [0.2, 0.25) is 0 Å². The fourth-order valence-electron chi connectivity index (χ4n) is 2.22. The number of carbonyl (C=O) groups excluding carboxylic acids is 3. The van der Waals surface area contributed by atoms with Crippen molar-refractivity contribution in [1.29, 1.82) is 0 Å². The Hall–Kier alpha value is -3.15. The number of nitrogens with one attached hydrogen (secondary N) is 1. The maximum atomic E-state index is 12.3. The van der Waals surface area contributed by atoms with Crippen molar-refractivity contribution in [3.8, 4) is 5.75 Å². The van der Waals surface area contributed by atoms with E-state index in [0.717, 1.165) is 0 Å². The third kappa shape index (κ3) is 4.44. The molecule has 0 saturated carbocycles. The first-order valence-corrected chi connectivity index (χ1v) is 7.69. The summed E-state index contributed by atoms with van der Waals surface area (Å²) in [7, 11) is 1.45. The summed E-state index contributed by atoms with van der Waals surface area (Å²) in [6, 6.07) is 13.2. The molecule has 130 valence electrons. The Morgan fingerprint density at radius 3 is 2.20 bits per heavy atom. The first-order valence-electron chi connectivity index (χ1n) is 7.69. The van der Waals surface area contributed by atoms with E-state index in [2.05, 4.69) is 5.32 Å². The maximum Gasteiger partial charge on any atom is 0.342 e. The lowest BCUT2D eigenvalue weighted by Crippen LogP contribution is -2.30. The zero-order valence-electron chi connectivity index (χ0n) is 14.2. The number of anilines is 1. The van der Waals surface area contributed by atoms with Crippen LogP contribution in [-0.2, 0) is 9.53 Å². The molecule has 1 amide bonds. The van der Waals surface area contributed by atoms with E-state index in [-0.39, 0.29) is 11.3 Å². The van der Waals surface area contributed by atoms with Crippen molar-refractivity contribution in [1.82, 2.24) is 0 Å². The molecule has 0 bridgehead atoms. The molecular weight excluding hydrogens is 322 g/mol. The number of benzene rings is 2. The minimum atomic E-state index is -1.04. The fraction of sp³-hybridized carbons (Fsp3) is 0.211. The van der Waals surface area contributed by atoms with Gasteiger partial charge in [-0.25, -0.2) is 4.79 Å². The van der Waals surface area contributed by atoms with Crippen LogP contribution in [0, 0.1) is 0 Å². The largest absolute Gasteiger partial charge is 0.496 e. The minimum absolute atomic E-state index is 0.172. The van der Waals surface area contributed by atoms with Crippen LogP contribution in [0.3, 0.4) is 0 Å². The van der Waals surface area contributed by atoms with Gasteiger partial charge in [-0.1, -0.05) is 24.3 Å². The van der Waals surface area contributed by atoms with Crippen molar-refractivity contribution >= 4 is 23.3 Å². The van der Waals surface area contributed by atoms with Gasteiger partial charge in [-0.2, -0.15) is 0 Å². The number of para-hydroxylation sites is 2. The first-order chi connectivity index (χ1) is 11.9. The molecule has 6 nitrogen and oxygen atoms in total. The van der Waals surface area contributed by atoms with E-state index in [0.29, 0.717) is 17.0 Å². The highest BCUT2D eigenvalue weighted by Gasteiger charge is 2.22. The summed E-state index contributed by atoms with van der Waals surface area (Å²) in [5.74, 6) is -1.01. The van der Waals surface area contributed by atoms with Gasteiger partial charge < -0.3 is 14.8 Å². The fourth-order valence-corrected chi connectivity index (χ4v) is 2.22. The lowest BCUT2D eigenvalue weighted by Gasteiger charge is -2.15. The van der Waals surface area contributed by atoms with Crippen LogP contribution in [-0.4, -0.2) is 30.9 Å². The van der Waals surface area contributed by atoms with Crippen LogP contribution in [0.1, 0.15) is 34.6 Å². The molecule has 2 rings (SSSR count). The Balaban J connectivity index is 2.08. The summed E-state index contributed by atoms with van der Waals surface area (Å²) in [6.45, 7) is 2.87. The second-order valence-electron chi connectivity index (χ2n) is 5.34. The van der Waals surface area contributed by atoms with Crippen LogP contribution in [0.5, 0.6) is 5.75 Å². The lowest BCUT2D eigenvalue weighted by atomic mass is 10.1. The molecule has 0 spiro atoms. The van der Waals surface area contributed by atoms with E-state index in [1.165, 1.54) is 21.0 Å². The summed E-state index contributed by atoms with van der Waals surface area (Å²) in [5.41, 5.74) is 0.994. The summed E-state index contributed by atoms with van der Waals surface area (Å²) in [6.07, 6.45) is -1.04. The molecule has 6 heteroatoms. The predicted octanol–water partition coefficient (Wildman–Crippen LogP) is 3.08. The SMILES string of the molecule is COc1ccccc1C(=O)OC(C)C(=O)Nc1ccccc1C(C)=O. The van der Waals surface area contributed by atoms with E-state index in [1.807, 2.05) is 0 Å². The van der Waals surface area contributed by atoms with E-state index in [1.54, 1.807) is 48.5 Å². The van der Waals surface area contributed by atoms with Crippen molar-refractivity contribution in [2.24, 2.45) is 0 Å². The molecule has 1 atom stereocenters. The van der Waals surface area contributed by atoms with Gasteiger partial charge in [0.25, 0.3) is 5.91 Å². The second kappa shape index (κ2) is 8.10. The van der Waals surface area contributed by atoms with Crippen molar-refractivity contribution in [3.05, 3.63) is 59.7 Å². The Labute approximate surface area is 145 Å². The number of rotatable bonds is 6. The molecule has 2 aromatic rings. The van der Waals surface area contributed by atoms with Crippen molar-refractivity contribution < 1.29 is 23.9 Å². The van der Waals surface area contributed by atoms with E-state index >= 15 is 0 Å². The van der Waals surface area contributed by atoms with Gasteiger partial charge in [-0.05, 0) is 38.1 Å². The van der Waals surface area contributed by atoms with Gasteiger partial charge >= 0.3 is 5.97 Å². The predicted molar refractivity (Wildman–Crippen MR) is 92.9 cm³/mol. The molecule has 25 heavy (non-hydrogen) atoms. The number of amides is 1. The summed E-state index contributed by atoms with van der Waals surface area (Å²) >= 11 is 0. The Morgan fingerprint density at radius 2 is 1.56 bits per heavy atom. The average molecular weight is 341 g/mol. The molecule has 2 aromatic carbocycles. The molecule has 0 aliphatic rings. The number of methoxy groups -OCH3 is 1. The number of Topliss-reactive ketones (excluding diaryl/α,β-unsaturated/α-hetero) is 1. The van der Waals surface area contributed by atoms with Crippen LogP contribution in [0.2, 0.25) is 0 Å². The third-order valence-electron chi connectivity index (χ3n) is 3.54. The molecule has 0 aliphatic heterocycles. The Kier molecular flexibility index (Phi) is 5.89. The van der Waals surface area contributed by atoms with Crippen LogP contribution >= 0.6 is 0 Å². The third-order valence-corrected chi connectivity index (χ3v) is 3.54. The zero-order chi connectivity index (χ0) is 18.4. The molecular formula is C19H19NO5. The summed E-state index contributed by atoms with van der Waals surface area (Å²) in [4.78, 5) is 36.1. The second-order valence-corrected chi connectivity index (χ2v) is 5.34. The zero-order valence-corrected chi connectivity index (χ0v) is 14.2. The molecule has 0 radical (unpaired) electrons. The molecule has 0 saturated heterocycles. The first kappa shape index (κ1) is 18.2. The number of ketones is 1. The van der Waals surface area contributed by atoms with Gasteiger partial charge in [0.1, 0.15) is 11.3 Å². The highest BCUT2D eigenvalue weighted by Crippen LogP contribution is 2.20. The molecule has 1 unspecified atom stereocenters. The molecule has 0 heterocycles. The van der Waals surface area contributed by atoms with Crippen molar-refractivity contribution in [2.75, 3.05) is 12.4 Å². The van der Waals surface area contributed by atoms with E-state index in [4.69, 9.17) is 9.47 Å². The van der Waals surface area contributed by atoms with Gasteiger partial charge in [-0.15, -0.1) is 0 Å². The summed E-state index contributed by atoms with van der Waals surface area (Å²) < 4.78 is 10.3. The topological polar surface area (TPSA) is 81.7 Å². The molecule has 1 N–H and O–H groups in total. The normalized spacial score (nSPS) is 11.3. The number of esters is 1. The van der Waals surface area contributed by atoms with E-state index < -0.39 is 18.0 Å². The van der Waals surface area contributed by atoms with Crippen LogP contribution in [0.25, 0.3) is 0 Å². The van der Waals surface area contributed by atoms with Crippen LogP contribution in [0.15, 0.2) is 48.5 Å². The summed E-state index contributed by atoms with van der Waals surface area (Å²) in [5, 5.41) is 2.61. The lowest BCUT2D eigenvalue weighted by molar-refractivity contribution is -0.123. The van der Waals surface area contributed by atoms with Gasteiger partial charge in [-0.3, -0.25) is 9.59 Å². The number of hydrogen-bond donors (Lipinski definition) is 1. The monoisotopic (exact) mass is 341 g/mol.